The van der Waals surface area contributed by atoms with Crippen molar-refractivity contribution >= 4 is 5.91 Å². The zero-order valence-electron chi connectivity index (χ0n) is 10.9. The summed E-state index contributed by atoms with van der Waals surface area (Å²) in [6.45, 7) is 4.62. The predicted molar refractivity (Wildman–Crippen MR) is 69.0 cm³/mol. The van der Waals surface area contributed by atoms with Gasteiger partial charge < -0.3 is 9.64 Å². The molecule has 0 unspecified atom stereocenters. The van der Waals surface area contributed by atoms with E-state index in [2.05, 4.69) is 0 Å². The zero-order valence-corrected chi connectivity index (χ0v) is 10.9. The summed E-state index contributed by atoms with van der Waals surface area (Å²) in [5.41, 5.74) is 0.964. The topological polar surface area (TPSA) is 29.5 Å². The first kappa shape index (κ1) is 14.2. The first-order valence-corrected chi connectivity index (χ1v) is 5.77. The van der Waals surface area contributed by atoms with Crippen molar-refractivity contribution in [1.82, 2.24) is 4.90 Å². The van der Waals surface area contributed by atoms with Crippen molar-refractivity contribution in [2.45, 2.75) is 13.8 Å². The molecular weight excluding hydrogens is 233 g/mol. The molecule has 1 rings (SSSR count). The normalized spacial score (nSPS) is 9.78. The third-order valence-electron chi connectivity index (χ3n) is 2.30. The van der Waals surface area contributed by atoms with E-state index in [1.807, 2.05) is 13.8 Å². The van der Waals surface area contributed by atoms with Crippen LogP contribution in [-0.2, 0) is 4.79 Å². The minimum absolute atomic E-state index is 0.0438. The number of hydrogen-bond acceptors (Lipinski definition) is 2. The maximum Gasteiger partial charge on any atom is 0.246 e. The van der Waals surface area contributed by atoms with Crippen molar-refractivity contribution < 1.29 is 13.9 Å². The molecule has 4 heteroatoms. The Kier molecular flexibility index (Phi) is 5.36. The van der Waals surface area contributed by atoms with Crippen molar-refractivity contribution in [2.24, 2.45) is 0 Å². The summed E-state index contributed by atoms with van der Waals surface area (Å²) in [5.74, 6) is 0.260. The summed E-state index contributed by atoms with van der Waals surface area (Å²) in [6, 6.07) is 5.81. The minimum Gasteiger partial charge on any atom is -0.492 e. The van der Waals surface area contributed by atoms with Crippen LogP contribution < -0.4 is 4.74 Å². The quantitative estimate of drug-likeness (QED) is 0.753. The van der Waals surface area contributed by atoms with E-state index in [4.69, 9.17) is 4.74 Å². The first-order valence-electron chi connectivity index (χ1n) is 5.77. The SMILES string of the molecule is CC(C)=CC(=O)N(C)CCOc1ccc(F)cc1. The van der Waals surface area contributed by atoms with Crippen LogP contribution >= 0.6 is 0 Å². The highest BCUT2D eigenvalue weighted by Gasteiger charge is 2.05. The van der Waals surface area contributed by atoms with Crippen molar-refractivity contribution in [3.8, 4) is 5.75 Å². The van der Waals surface area contributed by atoms with Crippen LogP contribution in [0, 0.1) is 5.82 Å². The van der Waals surface area contributed by atoms with Crippen LogP contribution in [0.5, 0.6) is 5.75 Å². The van der Waals surface area contributed by atoms with Crippen molar-refractivity contribution in [3.63, 3.8) is 0 Å². The summed E-state index contributed by atoms with van der Waals surface area (Å²) in [4.78, 5) is 13.2. The van der Waals surface area contributed by atoms with Gasteiger partial charge in [-0.15, -0.1) is 0 Å². The van der Waals surface area contributed by atoms with Gasteiger partial charge in [-0.05, 0) is 38.1 Å². The van der Waals surface area contributed by atoms with Crippen LogP contribution in [-0.4, -0.2) is 31.0 Å². The van der Waals surface area contributed by atoms with Crippen molar-refractivity contribution in [2.75, 3.05) is 20.2 Å². The number of halogens is 1. The Morgan fingerprint density at radius 1 is 1.33 bits per heavy atom. The van der Waals surface area contributed by atoms with E-state index >= 15 is 0 Å². The van der Waals surface area contributed by atoms with Gasteiger partial charge in [-0.3, -0.25) is 4.79 Å². The third kappa shape index (κ3) is 4.99. The van der Waals surface area contributed by atoms with Gasteiger partial charge in [0.25, 0.3) is 0 Å². The Morgan fingerprint density at radius 3 is 2.50 bits per heavy atom. The second kappa shape index (κ2) is 6.79. The molecule has 3 nitrogen and oxygen atoms in total. The van der Waals surface area contributed by atoms with E-state index in [0.717, 1.165) is 5.57 Å². The molecule has 0 spiro atoms. The Balaban J connectivity index is 2.35. The number of hydrogen-bond donors (Lipinski definition) is 0. The van der Waals surface area contributed by atoms with Gasteiger partial charge in [-0.2, -0.15) is 0 Å². The molecular formula is C14H18FNO2. The van der Waals surface area contributed by atoms with Gasteiger partial charge in [0.2, 0.25) is 5.91 Å². The smallest absolute Gasteiger partial charge is 0.246 e. The molecule has 0 aliphatic heterocycles. The molecule has 0 radical (unpaired) electrons. The lowest BCUT2D eigenvalue weighted by atomic mass is 10.3. The lowest BCUT2D eigenvalue weighted by molar-refractivity contribution is -0.125. The minimum atomic E-state index is -0.293. The molecule has 1 aromatic rings. The molecule has 0 N–H and O–H groups in total. The second-order valence-corrected chi connectivity index (χ2v) is 4.28. The van der Waals surface area contributed by atoms with Crippen molar-refractivity contribution in [1.29, 1.82) is 0 Å². The Labute approximate surface area is 107 Å². The van der Waals surface area contributed by atoms with Gasteiger partial charge in [0.05, 0.1) is 6.54 Å². The molecule has 0 aliphatic carbocycles. The number of likely N-dealkylation sites (N-methyl/N-ethyl adjacent to an activating group) is 1. The van der Waals surface area contributed by atoms with Crippen molar-refractivity contribution in [3.05, 3.63) is 41.7 Å². The van der Waals surface area contributed by atoms with E-state index < -0.39 is 0 Å². The van der Waals surface area contributed by atoms with Crippen LogP contribution in [0.4, 0.5) is 4.39 Å². The standard InChI is InChI=1S/C14H18FNO2/c1-11(2)10-14(17)16(3)8-9-18-13-6-4-12(15)5-7-13/h4-7,10H,8-9H2,1-3H3. The molecule has 0 fully saturated rings. The molecule has 0 saturated heterocycles. The maximum atomic E-state index is 12.6. The summed E-state index contributed by atoms with van der Waals surface area (Å²) in [6.07, 6.45) is 1.58. The van der Waals surface area contributed by atoms with Crippen LogP contribution in [0.15, 0.2) is 35.9 Å². The largest absolute Gasteiger partial charge is 0.492 e. The average molecular weight is 251 g/mol. The van der Waals surface area contributed by atoms with E-state index in [-0.39, 0.29) is 11.7 Å². The van der Waals surface area contributed by atoms with Crippen LogP contribution in [0.25, 0.3) is 0 Å². The monoisotopic (exact) mass is 251 g/mol. The first-order chi connectivity index (χ1) is 8.49. The lowest BCUT2D eigenvalue weighted by Crippen LogP contribution is -2.29. The van der Waals surface area contributed by atoms with Gasteiger partial charge in [0, 0.05) is 13.1 Å². The van der Waals surface area contributed by atoms with E-state index in [1.165, 1.54) is 12.1 Å². The molecule has 98 valence electrons. The molecule has 0 atom stereocenters. The fraction of sp³-hybridized carbons (Fsp3) is 0.357. The number of carbonyl (C=O) groups is 1. The van der Waals surface area contributed by atoms with Gasteiger partial charge in [-0.25, -0.2) is 4.39 Å². The zero-order chi connectivity index (χ0) is 13.5. The summed E-state index contributed by atoms with van der Waals surface area (Å²) in [5, 5.41) is 0. The number of ether oxygens (including phenoxy) is 1. The summed E-state index contributed by atoms with van der Waals surface area (Å²) >= 11 is 0. The molecule has 0 saturated carbocycles. The number of carbonyl (C=O) groups excluding carboxylic acids is 1. The molecule has 0 bridgehead atoms. The summed E-state index contributed by atoms with van der Waals surface area (Å²) < 4.78 is 18.1. The molecule has 18 heavy (non-hydrogen) atoms. The molecule has 1 aromatic carbocycles. The third-order valence-corrected chi connectivity index (χ3v) is 2.30. The van der Waals surface area contributed by atoms with Gasteiger partial charge in [0.15, 0.2) is 0 Å². The van der Waals surface area contributed by atoms with Crippen LogP contribution in [0.3, 0.4) is 0 Å². The van der Waals surface area contributed by atoms with E-state index in [0.29, 0.717) is 18.9 Å². The Hall–Kier alpha value is -1.84. The van der Waals surface area contributed by atoms with E-state index in [1.54, 1.807) is 30.2 Å². The van der Waals surface area contributed by atoms with Crippen LogP contribution in [0.2, 0.25) is 0 Å². The van der Waals surface area contributed by atoms with Gasteiger partial charge in [-0.1, -0.05) is 5.57 Å². The van der Waals surface area contributed by atoms with Gasteiger partial charge >= 0.3 is 0 Å². The molecule has 0 aromatic heterocycles. The predicted octanol–water partition coefficient (Wildman–Crippen LogP) is 2.63. The second-order valence-electron chi connectivity index (χ2n) is 4.28. The molecule has 0 heterocycles. The number of amides is 1. The number of allylic oxidation sites excluding steroid dienone is 1. The van der Waals surface area contributed by atoms with Crippen LogP contribution in [0.1, 0.15) is 13.8 Å². The fourth-order valence-electron chi connectivity index (χ4n) is 1.30. The molecule has 0 aliphatic rings. The Morgan fingerprint density at radius 2 is 1.94 bits per heavy atom. The highest BCUT2D eigenvalue weighted by atomic mass is 19.1. The summed E-state index contributed by atoms with van der Waals surface area (Å²) in [7, 11) is 1.72. The highest BCUT2D eigenvalue weighted by molar-refractivity contribution is 5.87. The maximum absolute atomic E-state index is 12.6. The number of rotatable bonds is 5. The number of benzene rings is 1. The number of nitrogens with zero attached hydrogens (tertiary/aromatic N) is 1. The molecule has 1 amide bonds. The lowest BCUT2D eigenvalue weighted by Gasteiger charge is -2.15. The van der Waals surface area contributed by atoms with Gasteiger partial charge in [0.1, 0.15) is 18.2 Å². The fourth-order valence-corrected chi connectivity index (χ4v) is 1.30. The average Bonchev–Trinajstić information content (AvgIpc) is 2.30. The van der Waals surface area contributed by atoms with E-state index in [9.17, 15) is 9.18 Å². The Bertz CT molecular complexity index is 422. The highest BCUT2D eigenvalue weighted by Crippen LogP contribution is 2.10.